The van der Waals surface area contributed by atoms with Crippen molar-refractivity contribution in [3.05, 3.63) is 34.9 Å². The Morgan fingerprint density at radius 1 is 1.11 bits per heavy atom. The van der Waals surface area contributed by atoms with Gasteiger partial charge in [0.2, 0.25) is 5.91 Å². The Balaban J connectivity index is 1.34. The van der Waals surface area contributed by atoms with Gasteiger partial charge in [0.1, 0.15) is 0 Å². The zero-order valence-corrected chi connectivity index (χ0v) is 16.2. The van der Waals surface area contributed by atoms with Crippen molar-refractivity contribution in [3.8, 4) is 0 Å². The smallest absolute Gasteiger partial charge is 0.261 e. The van der Waals surface area contributed by atoms with Gasteiger partial charge < -0.3 is 14.4 Å². The van der Waals surface area contributed by atoms with Crippen LogP contribution in [0.5, 0.6) is 0 Å². The zero-order valence-electron chi connectivity index (χ0n) is 16.2. The van der Waals surface area contributed by atoms with Gasteiger partial charge in [-0.1, -0.05) is 11.6 Å². The molecule has 1 unspecified atom stereocenters. The average molecular weight is 386 g/mol. The van der Waals surface area contributed by atoms with E-state index in [1.165, 1.54) is 4.90 Å². The second-order valence-corrected chi connectivity index (χ2v) is 7.67. The maximum Gasteiger partial charge on any atom is 0.261 e. The lowest BCUT2D eigenvalue weighted by Crippen LogP contribution is -2.50. The number of imide groups is 1. The van der Waals surface area contributed by atoms with Gasteiger partial charge in [0.05, 0.1) is 30.4 Å². The van der Waals surface area contributed by atoms with Crippen LogP contribution < -0.4 is 0 Å². The molecule has 0 bridgehead atoms. The minimum Gasteiger partial charge on any atom is -0.348 e. The first kappa shape index (κ1) is 19.1. The molecule has 3 aliphatic rings. The van der Waals surface area contributed by atoms with Crippen molar-refractivity contribution in [1.29, 1.82) is 0 Å². The lowest BCUT2D eigenvalue weighted by atomic mass is 10.0. The molecule has 0 saturated carbocycles. The van der Waals surface area contributed by atoms with Crippen LogP contribution in [0.3, 0.4) is 0 Å². The summed E-state index contributed by atoms with van der Waals surface area (Å²) < 4.78 is 11.2. The number of carbonyl (C=O) groups excluding carboxylic acids is 3. The van der Waals surface area contributed by atoms with Gasteiger partial charge in [-0.25, -0.2) is 0 Å². The van der Waals surface area contributed by atoms with Crippen LogP contribution in [-0.4, -0.2) is 66.2 Å². The lowest BCUT2D eigenvalue weighted by Gasteiger charge is -2.38. The highest BCUT2D eigenvalue weighted by molar-refractivity contribution is 6.21. The molecule has 3 aliphatic heterocycles. The minimum absolute atomic E-state index is 0.0361. The normalized spacial score (nSPS) is 22.8. The van der Waals surface area contributed by atoms with Crippen molar-refractivity contribution in [2.24, 2.45) is 0 Å². The maximum atomic E-state index is 12.8. The van der Waals surface area contributed by atoms with E-state index in [4.69, 9.17) is 9.47 Å². The molecule has 2 fully saturated rings. The van der Waals surface area contributed by atoms with E-state index < -0.39 is 0 Å². The molecule has 0 radical (unpaired) electrons. The number of amides is 3. The summed E-state index contributed by atoms with van der Waals surface area (Å²) in [4.78, 5) is 41.0. The monoisotopic (exact) mass is 386 g/mol. The first-order valence-electron chi connectivity index (χ1n) is 10.1. The highest BCUT2D eigenvalue weighted by atomic mass is 16.7. The molecular formula is C21H26N2O5. The molecule has 4 rings (SSSR count). The van der Waals surface area contributed by atoms with Crippen LogP contribution in [0.15, 0.2) is 18.2 Å². The second-order valence-electron chi connectivity index (χ2n) is 7.67. The number of hydrogen-bond acceptors (Lipinski definition) is 5. The van der Waals surface area contributed by atoms with Crippen LogP contribution in [0.4, 0.5) is 0 Å². The Morgan fingerprint density at radius 2 is 1.86 bits per heavy atom. The predicted molar refractivity (Wildman–Crippen MR) is 101 cm³/mol. The Hall–Kier alpha value is -2.25. The lowest BCUT2D eigenvalue weighted by molar-refractivity contribution is -0.150. The molecule has 0 aromatic heterocycles. The SMILES string of the molecule is Cc1ccc2c(c1)C(=O)N(CCCC(=O)N1CCCCC1C1OCCO1)C2=O. The first-order chi connectivity index (χ1) is 13.6. The maximum absolute atomic E-state index is 12.8. The van der Waals surface area contributed by atoms with Crippen LogP contribution in [0.1, 0.15) is 58.4 Å². The van der Waals surface area contributed by atoms with Crippen molar-refractivity contribution in [3.63, 3.8) is 0 Å². The van der Waals surface area contributed by atoms with Crippen LogP contribution in [0, 0.1) is 6.92 Å². The number of ether oxygens (including phenoxy) is 2. The third-order valence-electron chi connectivity index (χ3n) is 5.73. The predicted octanol–water partition coefficient (Wildman–Crippen LogP) is 2.13. The summed E-state index contributed by atoms with van der Waals surface area (Å²) in [5.74, 6) is -0.493. The van der Waals surface area contributed by atoms with Gasteiger partial charge in [0.25, 0.3) is 11.8 Å². The minimum atomic E-state index is -0.330. The Morgan fingerprint density at radius 3 is 2.64 bits per heavy atom. The van der Waals surface area contributed by atoms with E-state index >= 15 is 0 Å². The molecule has 1 aromatic rings. The molecule has 7 nitrogen and oxygen atoms in total. The highest BCUT2D eigenvalue weighted by Gasteiger charge is 2.37. The number of likely N-dealkylation sites (tertiary alicyclic amines) is 1. The number of piperidine rings is 1. The third kappa shape index (κ3) is 3.56. The topological polar surface area (TPSA) is 76.2 Å². The number of carbonyl (C=O) groups is 3. The molecule has 28 heavy (non-hydrogen) atoms. The number of rotatable bonds is 5. The van der Waals surface area contributed by atoms with Crippen LogP contribution in [0.2, 0.25) is 0 Å². The number of nitrogens with zero attached hydrogens (tertiary/aromatic N) is 2. The Kier molecular flexibility index (Phi) is 5.46. The van der Waals surface area contributed by atoms with Gasteiger partial charge in [-0.2, -0.15) is 0 Å². The number of benzene rings is 1. The summed E-state index contributed by atoms with van der Waals surface area (Å²) in [7, 11) is 0. The first-order valence-corrected chi connectivity index (χ1v) is 10.1. The summed E-state index contributed by atoms with van der Waals surface area (Å²) in [6, 6.07) is 5.25. The summed E-state index contributed by atoms with van der Waals surface area (Å²) >= 11 is 0. The Labute approximate surface area is 164 Å². The fourth-order valence-electron chi connectivity index (χ4n) is 4.29. The fourth-order valence-corrected chi connectivity index (χ4v) is 4.29. The van der Waals surface area contributed by atoms with E-state index in [0.29, 0.717) is 43.7 Å². The molecular weight excluding hydrogens is 360 g/mol. The molecule has 7 heteroatoms. The van der Waals surface area contributed by atoms with Gasteiger partial charge in [-0.05, 0) is 44.7 Å². The molecule has 3 heterocycles. The molecule has 1 atom stereocenters. The standard InChI is InChI=1S/C21H26N2O5/c1-14-7-8-15-16(13-14)20(26)23(19(15)25)10-4-6-18(24)22-9-3-2-5-17(22)21-27-11-12-28-21/h7-8,13,17,21H,2-6,9-12H2,1H3. The fraction of sp³-hybridized carbons (Fsp3) is 0.571. The summed E-state index contributed by atoms with van der Waals surface area (Å²) in [6.07, 6.45) is 3.35. The zero-order chi connectivity index (χ0) is 19.7. The van der Waals surface area contributed by atoms with Crippen molar-refractivity contribution in [2.75, 3.05) is 26.3 Å². The highest BCUT2D eigenvalue weighted by Crippen LogP contribution is 2.26. The van der Waals surface area contributed by atoms with Gasteiger partial charge in [-0.15, -0.1) is 0 Å². The van der Waals surface area contributed by atoms with E-state index in [0.717, 1.165) is 24.8 Å². The van der Waals surface area contributed by atoms with Crippen molar-refractivity contribution >= 4 is 17.7 Å². The summed E-state index contributed by atoms with van der Waals surface area (Å²) in [5.41, 5.74) is 1.86. The number of aryl methyl sites for hydroxylation is 1. The molecule has 1 aromatic carbocycles. The van der Waals surface area contributed by atoms with E-state index in [1.807, 2.05) is 17.9 Å². The second kappa shape index (κ2) is 8.01. The quantitative estimate of drug-likeness (QED) is 0.725. The largest absolute Gasteiger partial charge is 0.348 e. The van der Waals surface area contributed by atoms with Crippen LogP contribution >= 0.6 is 0 Å². The van der Waals surface area contributed by atoms with E-state index in [-0.39, 0.29) is 36.6 Å². The van der Waals surface area contributed by atoms with Crippen molar-refractivity contribution < 1.29 is 23.9 Å². The molecule has 150 valence electrons. The number of fused-ring (bicyclic) bond motifs is 1. The number of hydrogen-bond donors (Lipinski definition) is 0. The molecule has 0 spiro atoms. The molecule has 2 saturated heterocycles. The molecule has 0 aliphatic carbocycles. The Bertz CT molecular complexity index is 787. The van der Waals surface area contributed by atoms with E-state index in [1.54, 1.807) is 12.1 Å². The molecule has 0 N–H and O–H groups in total. The summed E-state index contributed by atoms with van der Waals surface area (Å²) in [6.45, 7) is 4.00. The third-order valence-corrected chi connectivity index (χ3v) is 5.73. The average Bonchev–Trinajstić information content (AvgIpc) is 3.31. The van der Waals surface area contributed by atoms with E-state index in [2.05, 4.69) is 0 Å². The van der Waals surface area contributed by atoms with Gasteiger partial charge in [0.15, 0.2) is 6.29 Å². The molecule has 3 amide bonds. The van der Waals surface area contributed by atoms with E-state index in [9.17, 15) is 14.4 Å². The van der Waals surface area contributed by atoms with Gasteiger partial charge in [0, 0.05) is 19.5 Å². The van der Waals surface area contributed by atoms with Crippen molar-refractivity contribution in [2.45, 2.75) is 51.4 Å². The summed E-state index contributed by atoms with van der Waals surface area (Å²) in [5, 5.41) is 0. The van der Waals surface area contributed by atoms with Gasteiger partial charge >= 0.3 is 0 Å². The van der Waals surface area contributed by atoms with Gasteiger partial charge in [-0.3, -0.25) is 19.3 Å². The van der Waals surface area contributed by atoms with Crippen LogP contribution in [0.25, 0.3) is 0 Å². The van der Waals surface area contributed by atoms with Crippen LogP contribution in [-0.2, 0) is 14.3 Å². The van der Waals surface area contributed by atoms with Crippen molar-refractivity contribution in [1.82, 2.24) is 9.80 Å².